The molecular weight excluding hydrogens is 334 g/mol. The molecule has 0 fully saturated rings. The summed E-state index contributed by atoms with van der Waals surface area (Å²) in [5.74, 6) is -1.23. The lowest BCUT2D eigenvalue weighted by Gasteiger charge is -2.16. The number of thiocyanates is 1. The SMILES string of the molecule is Cc1cccc(C(C)C)c1NC(=O)C(=O)Nc1ccc(SC#N)cc1. The van der Waals surface area contributed by atoms with E-state index in [1.54, 1.807) is 24.3 Å². The highest BCUT2D eigenvalue weighted by molar-refractivity contribution is 8.03. The maximum absolute atomic E-state index is 12.2. The van der Waals surface area contributed by atoms with Crippen molar-refractivity contribution in [2.45, 2.75) is 31.6 Å². The molecule has 0 heterocycles. The maximum Gasteiger partial charge on any atom is 0.314 e. The number of aryl methyl sites for hydroxylation is 1. The van der Waals surface area contributed by atoms with Crippen molar-refractivity contribution in [3.05, 3.63) is 53.6 Å². The Morgan fingerprint density at radius 1 is 1.04 bits per heavy atom. The molecule has 2 rings (SSSR count). The van der Waals surface area contributed by atoms with Gasteiger partial charge in [-0.05, 0) is 60.0 Å². The number of para-hydroxylation sites is 1. The summed E-state index contributed by atoms with van der Waals surface area (Å²) >= 11 is 1.03. The third-order valence-electron chi connectivity index (χ3n) is 3.65. The number of rotatable bonds is 4. The van der Waals surface area contributed by atoms with Gasteiger partial charge in [-0.1, -0.05) is 32.0 Å². The van der Waals surface area contributed by atoms with E-state index in [-0.39, 0.29) is 5.92 Å². The number of amides is 2. The Bertz CT molecular complexity index is 824. The third kappa shape index (κ3) is 4.85. The van der Waals surface area contributed by atoms with E-state index in [0.717, 1.165) is 27.8 Å². The average Bonchev–Trinajstić information content (AvgIpc) is 2.58. The van der Waals surface area contributed by atoms with E-state index in [4.69, 9.17) is 5.26 Å². The van der Waals surface area contributed by atoms with Gasteiger partial charge in [0, 0.05) is 16.3 Å². The van der Waals surface area contributed by atoms with E-state index in [1.807, 2.05) is 44.4 Å². The summed E-state index contributed by atoms with van der Waals surface area (Å²) in [6.07, 6.45) is 0. The normalized spacial score (nSPS) is 10.2. The fourth-order valence-electron chi connectivity index (χ4n) is 2.36. The molecule has 0 atom stereocenters. The van der Waals surface area contributed by atoms with Crippen LogP contribution in [0, 0.1) is 17.6 Å². The summed E-state index contributed by atoms with van der Waals surface area (Å²) in [7, 11) is 0. The van der Waals surface area contributed by atoms with Gasteiger partial charge in [0.1, 0.15) is 5.40 Å². The summed E-state index contributed by atoms with van der Waals surface area (Å²) in [6.45, 7) is 5.96. The first-order valence-electron chi connectivity index (χ1n) is 7.80. The van der Waals surface area contributed by atoms with Crippen LogP contribution in [0.1, 0.15) is 30.9 Å². The zero-order chi connectivity index (χ0) is 18.4. The van der Waals surface area contributed by atoms with Crippen LogP contribution in [-0.4, -0.2) is 11.8 Å². The van der Waals surface area contributed by atoms with Crippen LogP contribution < -0.4 is 10.6 Å². The summed E-state index contributed by atoms with van der Waals surface area (Å²) in [6, 6.07) is 12.5. The number of thioether (sulfide) groups is 1. The number of nitriles is 1. The highest BCUT2D eigenvalue weighted by atomic mass is 32.2. The summed E-state index contributed by atoms with van der Waals surface area (Å²) in [5, 5.41) is 15.9. The first-order valence-corrected chi connectivity index (χ1v) is 8.62. The first-order chi connectivity index (χ1) is 11.9. The molecule has 0 aromatic heterocycles. The molecule has 0 radical (unpaired) electrons. The Morgan fingerprint density at radius 2 is 1.68 bits per heavy atom. The number of benzene rings is 2. The molecule has 0 unspecified atom stereocenters. The first kappa shape index (κ1) is 18.6. The molecular formula is C19H19N3O2S. The standard InChI is InChI=1S/C19H19N3O2S/c1-12(2)16-6-4-5-13(3)17(16)22-19(24)18(23)21-14-7-9-15(10-8-14)25-11-20/h4-10,12H,1-3H3,(H,21,23)(H,22,24). The molecule has 128 valence electrons. The van der Waals surface area contributed by atoms with Gasteiger partial charge in [-0.25, -0.2) is 0 Å². The number of carbonyl (C=O) groups excluding carboxylic acids is 2. The second-order valence-corrected chi connectivity index (χ2v) is 6.68. The van der Waals surface area contributed by atoms with Crippen molar-refractivity contribution in [2.24, 2.45) is 0 Å². The number of nitrogens with zero attached hydrogens (tertiary/aromatic N) is 1. The minimum absolute atomic E-state index is 0.225. The molecule has 0 aliphatic heterocycles. The van der Waals surface area contributed by atoms with Gasteiger partial charge in [0.2, 0.25) is 0 Å². The molecule has 0 spiro atoms. The highest BCUT2D eigenvalue weighted by Crippen LogP contribution is 2.27. The Labute approximate surface area is 151 Å². The monoisotopic (exact) mass is 353 g/mol. The second kappa shape index (κ2) is 8.36. The summed E-state index contributed by atoms with van der Waals surface area (Å²) in [5.41, 5.74) is 3.07. The minimum atomic E-state index is -0.737. The topological polar surface area (TPSA) is 82.0 Å². The van der Waals surface area contributed by atoms with Crippen LogP contribution in [-0.2, 0) is 9.59 Å². The average molecular weight is 353 g/mol. The summed E-state index contributed by atoms with van der Waals surface area (Å²) < 4.78 is 0. The van der Waals surface area contributed by atoms with Crippen LogP contribution in [0.15, 0.2) is 47.4 Å². The van der Waals surface area contributed by atoms with Crippen molar-refractivity contribution in [1.29, 1.82) is 5.26 Å². The molecule has 2 amide bonds. The van der Waals surface area contributed by atoms with Gasteiger partial charge >= 0.3 is 11.8 Å². The van der Waals surface area contributed by atoms with E-state index in [2.05, 4.69) is 10.6 Å². The fourth-order valence-corrected chi connectivity index (χ4v) is 2.74. The van der Waals surface area contributed by atoms with Gasteiger partial charge in [0.25, 0.3) is 0 Å². The highest BCUT2D eigenvalue weighted by Gasteiger charge is 2.18. The second-order valence-electron chi connectivity index (χ2n) is 5.82. The maximum atomic E-state index is 12.2. The smallest absolute Gasteiger partial charge is 0.314 e. The van der Waals surface area contributed by atoms with E-state index in [9.17, 15) is 9.59 Å². The molecule has 0 aliphatic carbocycles. The quantitative estimate of drug-likeness (QED) is 0.488. The van der Waals surface area contributed by atoms with Gasteiger partial charge in [0.05, 0.1) is 0 Å². The van der Waals surface area contributed by atoms with Crippen molar-refractivity contribution in [1.82, 2.24) is 0 Å². The zero-order valence-corrected chi connectivity index (χ0v) is 15.1. The van der Waals surface area contributed by atoms with Crippen LogP contribution in [0.2, 0.25) is 0 Å². The van der Waals surface area contributed by atoms with Crippen molar-refractivity contribution in [3.8, 4) is 5.40 Å². The lowest BCUT2D eigenvalue weighted by molar-refractivity contribution is -0.133. The Hall–Kier alpha value is -2.78. The van der Waals surface area contributed by atoms with E-state index in [0.29, 0.717) is 11.4 Å². The van der Waals surface area contributed by atoms with Crippen LogP contribution in [0.4, 0.5) is 11.4 Å². The molecule has 2 N–H and O–H groups in total. The van der Waals surface area contributed by atoms with Gasteiger partial charge in [0.15, 0.2) is 0 Å². The van der Waals surface area contributed by atoms with Crippen molar-refractivity contribution in [2.75, 3.05) is 10.6 Å². The van der Waals surface area contributed by atoms with Crippen LogP contribution in [0.25, 0.3) is 0 Å². The zero-order valence-electron chi connectivity index (χ0n) is 14.3. The molecule has 6 heteroatoms. The van der Waals surface area contributed by atoms with Crippen LogP contribution >= 0.6 is 11.8 Å². The number of hydrogen-bond donors (Lipinski definition) is 2. The lowest BCUT2D eigenvalue weighted by Crippen LogP contribution is -2.29. The Kier molecular flexibility index (Phi) is 6.20. The van der Waals surface area contributed by atoms with Crippen LogP contribution in [0.3, 0.4) is 0 Å². The van der Waals surface area contributed by atoms with Gasteiger partial charge in [-0.2, -0.15) is 5.26 Å². The lowest BCUT2D eigenvalue weighted by atomic mass is 9.98. The van der Waals surface area contributed by atoms with Crippen molar-refractivity contribution in [3.63, 3.8) is 0 Å². The van der Waals surface area contributed by atoms with Crippen molar-refractivity contribution >= 4 is 35.0 Å². The van der Waals surface area contributed by atoms with Gasteiger partial charge in [-0.15, -0.1) is 0 Å². The third-order valence-corrected chi connectivity index (χ3v) is 4.25. The van der Waals surface area contributed by atoms with E-state index in [1.165, 1.54) is 0 Å². The Balaban J connectivity index is 2.09. The molecule has 2 aromatic carbocycles. The summed E-state index contributed by atoms with van der Waals surface area (Å²) in [4.78, 5) is 25.2. The molecule has 0 saturated carbocycles. The number of hydrogen-bond acceptors (Lipinski definition) is 4. The van der Waals surface area contributed by atoms with Crippen LogP contribution in [0.5, 0.6) is 0 Å². The number of anilines is 2. The van der Waals surface area contributed by atoms with Gasteiger partial charge < -0.3 is 10.6 Å². The van der Waals surface area contributed by atoms with Gasteiger partial charge in [-0.3, -0.25) is 9.59 Å². The molecule has 0 bridgehead atoms. The fraction of sp³-hybridized carbons (Fsp3) is 0.211. The number of nitrogens with one attached hydrogen (secondary N) is 2. The largest absolute Gasteiger partial charge is 0.318 e. The van der Waals surface area contributed by atoms with Crippen molar-refractivity contribution < 1.29 is 9.59 Å². The number of carbonyl (C=O) groups is 2. The molecule has 5 nitrogen and oxygen atoms in total. The minimum Gasteiger partial charge on any atom is -0.318 e. The van der Waals surface area contributed by atoms with E-state index >= 15 is 0 Å². The van der Waals surface area contributed by atoms with E-state index < -0.39 is 11.8 Å². The molecule has 2 aromatic rings. The Morgan fingerprint density at radius 3 is 2.28 bits per heavy atom. The molecule has 0 aliphatic rings. The molecule has 25 heavy (non-hydrogen) atoms. The predicted octanol–water partition coefficient (Wildman–Crippen LogP) is 4.27. The molecule has 0 saturated heterocycles. The predicted molar refractivity (Wildman–Crippen MR) is 100 cm³/mol.